The molecule has 0 bridgehead atoms. The Morgan fingerprint density at radius 1 is 0.640 bits per heavy atom. The minimum Gasteiger partial charge on any atom is -0.507 e. The third kappa shape index (κ3) is 2.64. The van der Waals surface area contributed by atoms with Crippen LogP contribution in [0.2, 0.25) is 0 Å². The van der Waals surface area contributed by atoms with Gasteiger partial charge in [0, 0.05) is 22.6 Å². The number of fused-ring (bicyclic) bond motifs is 1. The second kappa shape index (κ2) is 5.83. The van der Waals surface area contributed by atoms with E-state index >= 15 is 0 Å². The maximum absolute atomic E-state index is 11.6. The number of para-hydroxylation sites is 2. The van der Waals surface area contributed by atoms with Crippen LogP contribution in [-0.2, 0) is 0 Å². The minimum absolute atomic E-state index is 0.108. The zero-order chi connectivity index (χ0) is 17.4. The summed E-state index contributed by atoms with van der Waals surface area (Å²) in [5.41, 5.74) is 2.61. The van der Waals surface area contributed by atoms with E-state index in [2.05, 4.69) is 0 Å². The summed E-state index contributed by atoms with van der Waals surface area (Å²) in [5, 5.41) is 21.3. The molecule has 0 saturated carbocycles. The third-order valence-electron chi connectivity index (χ3n) is 4.15. The molecule has 25 heavy (non-hydrogen) atoms. The largest absolute Gasteiger partial charge is 0.507 e. The molecule has 4 heteroatoms. The number of hydrogen-bond donors (Lipinski definition) is 2. The van der Waals surface area contributed by atoms with E-state index in [4.69, 9.17) is 4.42 Å². The molecule has 3 aromatic carbocycles. The van der Waals surface area contributed by atoms with E-state index in [0.29, 0.717) is 22.3 Å². The van der Waals surface area contributed by atoms with Crippen molar-refractivity contribution >= 4 is 11.0 Å². The highest BCUT2D eigenvalue weighted by Crippen LogP contribution is 2.41. The maximum Gasteiger partial charge on any atom is 0.336 e. The standard InChI is InChI=1S/C21H14O4/c22-18-7-3-1-5-14(18)16-11-13-9-10-21(24)25-20(13)12-17(16)15-6-2-4-8-19(15)23/h1-12,22-23H. The molecule has 0 spiro atoms. The molecule has 4 nitrogen and oxygen atoms in total. The first-order valence-electron chi connectivity index (χ1n) is 7.78. The fourth-order valence-electron chi connectivity index (χ4n) is 2.96. The van der Waals surface area contributed by atoms with Crippen molar-refractivity contribution in [1.29, 1.82) is 0 Å². The van der Waals surface area contributed by atoms with Crippen molar-refractivity contribution in [3.63, 3.8) is 0 Å². The van der Waals surface area contributed by atoms with Gasteiger partial charge in [-0.3, -0.25) is 0 Å². The van der Waals surface area contributed by atoms with Gasteiger partial charge in [0.15, 0.2) is 0 Å². The summed E-state index contributed by atoms with van der Waals surface area (Å²) in [6, 6.07) is 20.5. The van der Waals surface area contributed by atoms with Crippen molar-refractivity contribution in [3.8, 4) is 33.8 Å². The fourth-order valence-corrected chi connectivity index (χ4v) is 2.96. The Morgan fingerprint density at radius 2 is 1.20 bits per heavy atom. The average Bonchev–Trinajstić information content (AvgIpc) is 2.62. The first-order chi connectivity index (χ1) is 12.1. The topological polar surface area (TPSA) is 70.7 Å². The Kier molecular flexibility index (Phi) is 3.51. The number of phenols is 2. The van der Waals surface area contributed by atoms with Crippen molar-refractivity contribution in [1.82, 2.24) is 0 Å². The summed E-state index contributed by atoms with van der Waals surface area (Å²) in [6.45, 7) is 0. The van der Waals surface area contributed by atoms with E-state index in [1.807, 2.05) is 18.2 Å². The van der Waals surface area contributed by atoms with Crippen LogP contribution in [0.3, 0.4) is 0 Å². The van der Waals surface area contributed by atoms with Crippen LogP contribution in [0.5, 0.6) is 11.5 Å². The van der Waals surface area contributed by atoms with Crippen LogP contribution in [-0.4, -0.2) is 10.2 Å². The predicted octanol–water partition coefficient (Wildman–Crippen LogP) is 4.54. The van der Waals surface area contributed by atoms with E-state index < -0.39 is 5.63 Å². The highest BCUT2D eigenvalue weighted by molar-refractivity contribution is 5.96. The highest BCUT2D eigenvalue weighted by Gasteiger charge is 2.15. The third-order valence-corrected chi connectivity index (χ3v) is 4.15. The van der Waals surface area contributed by atoms with Crippen LogP contribution in [0, 0.1) is 0 Å². The molecule has 0 radical (unpaired) electrons. The smallest absolute Gasteiger partial charge is 0.336 e. The highest BCUT2D eigenvalue weighted by atomic mass is 16.4. The Balaban J connectivity index is 2.11. The zero-order valence-electron chi connectivity index (χ0n) is 13.1. The van der Waals surface area contributed by atoms with Crippen molar-refractivity contribution in [2.45, 2.75) is 0 Å². The van der Waals surface area contributed by atoms with E-state index in [9.17, 15) is 15.0 Å². The lowest BCUT2D eigenvalue weighted by Crippen LogP contribution is -1.95. The summed E-state index contributed by atoms with van der Waals surface area (Å²) in [4.78, 5) is 11.6. The SMILES string of the molecule is O=c1ccc2cc(-c3ccccc3O)c(-c3ccccc3O)cc2o1. The van der Waals surface area contributed by atoms with Gasteiger partial charge in [0.25, 0.3) is 0 Å². The molecule has 1 aromatic heterocycles. The van der Waals surface area contributed by atoms with Crippen LogP contribution in [0.15, 0.2) is 82.0 Å². The average molecular weight is 330 g/mol. The van der Waals surface area contributed by atoms with Gasteiger partial charge in [0.2, 0.25) is 0 Å². The molecule has 0 fully saturated rings. The van der Waals surface area contributed by atoms with Gasteiger partial charge in [0.05, 0.1) is 0 Å². The van der Waals surface area contributed by atoms with Crippen LogP contribution < -0.4 is 5.63 Å². The van der Waals surface area contributed by atoms with Gasteiger partial charge in [-0.1, -0.05) is 36.4 Å². The Morgan fingerprint density at radius 3 is 1.80 bits per heavy atom. The molecule has 0 aliphatic rings. The molecule has 122 valence electrons. The van der Waals surface area contributed by atoms with E-state index in [-0.39, 0.29) is 11.5 Å². The van der Waals surface area contributed by atoms with Crippen LogP contribution in [0.25, 0.3) is 33.2 Å². The summed E-state index contributed by atoms with van der Waals surface area (Å²) in [6.07, 6.45) is 0. The molecule has 0 saturated heterocycles. The van der Waals surface area contributed by atoms with E-state index in [1.54, 1.807) is 48.5 Å². The monoisotopic (exact) mass is 330 g/mol. The molecule has 0 unspecified atom stereocenters. The van der Waals surface area contributed by atoms with Gasteiger partial charge < -0.3 is 14.6 Å². The first-order valence-corrected chi connectivity index (χ1v) is 7.78. The normalized spacial score (nSPS) is 10.9. The summed E-state index contributed by atoms with van der Waals surface area (Å²) in [5.74, 6) is 0.243. The molecule has 4 aromatic rings. The number of phenolic OH excluding ortho intramolecular Hbond substituents is 2. The Hall–Kier alpha value is -3.53. The van der Waals surface area contributed by atoms with Gasteiger partial charge in [-0.25, -0.2) is 4.79 Å². The Bertz CT molecular complexity index is 1140. The summed E-state index contributed by atoms with van der Waals surface area (Å²) < 4.78 is 5.29. The van der Waals surface area contributed by atoms with Gasteiger partial charge >= 0.3 is 5.63 Å². The second-order valence-electron chi connectivity index (χ2n) is 5.72. The van der Waals surface area contributed by atoms with Crippen molar-refractivity contribution in [2.24, 2.45) is 0 Å². The zero-order valence-corrected chi connectivity index (χ0v) is 13.1. The lowest BCUT2D eigenvalue weighted by molar-refractivity contribution is 0.476. The van der Waals surface area contributed by atoms with Crippen LogP contribution in [0.1, 0.15) is 0 Å². The van der Waals surface area contributed by atoms with Gasteiger partial charge in [-0.2, -0.15) is 0 Å². The quantitative estimate of drug-likeness (QED) is 0.529. The molecule has 0 aliphatic carbocycles. The fraction of sp³-hybridized carbons (Fsp3) is 0. The Labute approximate surface area is 143 Å². The molecular formula is C21H14O4. The van der Waals surface area contributed by atoms with Crippen molar-refractivity contribution < 1.29 is 14.6 Å². The summed E-state index contributed by atoms with van der Waals surface area (Å²) in [7, 11) is 0. The minimum atomic E-state index is -0.439. The second-order valence-corrected chi connectivity index (χ2v) is 5.72. The number of rotatable bonds is 2. The van der Waals surface area contributed by atoms with Crippen molar-refractivity contribution in [2.75, 3.05) is 0 Å². The van der Waals surface area contributed by atoms with Gasteiger partial charge in [0.1, 0.15) is 17.1 Å². The molecular weight excluding hydrogens is 316 g/mol. The molecule has 1 heterocycles. The molecule has 4 rings (SSSR count). The molecule has 0 amide bonds. The summed E-state index contributed by atoms with van der Waals surface area (Å²) >= 11 is 0. The number of benzene rings is 3. The van der Waals surface area contributed by atoms with Gasteiger partial charge in [-0.15, -0.1) is 0 Å². The van der Waals surface area contributed by atoms with Crippen LogP contribution >= 0.6 is 0 Å². The molecule has 0 aliphatic heterocycles. The van der Waals surface area contributed by atoms with E-state index in [1.165, 1.54) is 6.07 Å². The predicted molar refractivity (Wildman–Crippen MR) is 96.7 cm³/mol. The first kappa shape index (κ1) is 15.0. The maximum atomic E-state index is 11.6. The van der Waals surface area contributed by atoms with Crippen molar-refractivity contribution in [3.05, 3.63) is 83.2 Å². The van der Waals surface area contributed by atoms with Gasteiger partial charge in [-0.05, 0) is 41.5 Å². The van der Waals surface area contributed by atoms with E-state index in [0.717, 1.165) is 10.9 Å². The van der Waals surface area contributed by atoms with Crippen LogP contribution in [0.4, 0.5) is 0 Å². The lowest BCUT2D eigenvalue weighted by Gasteiger charge is -2.14. The number of aromatic hydroxyl groups is 2. The molecule has 2 N–H and O–H groups in total. The number of hydrogen-bond acceptors (Lipinski definition) is 4. The lowest BCUT2D eigenvalue weighted by atomic mass is 9.92. The molecule has 0 atom stereocenters.